The number of hydrogen-bond donors (Lipinski definition) is 2. The second-order valence-electron chi connectivity index (χ2n) is 5.48. The average Bonchev–Trinajstić information content (AvgIpc) is 2.37. The Balaban J connectivity index is 2.96. The van der Waals surface area contributed by atoms with Gasteiger partial charge in [-0.15, -0.1) is 0 Å². The number of rotatable bonds is 7. The second-order valence-corrected chi connectivity index (χ2v) is 7.63. The standard InChI is InChI=1S/C13H22N4O2S2/c1-9(2)12(8-17(3)4)16-21(18,19)10-5-6-11(13(14)20)15-7-10/h5-7,9,12,16H,8H2,1-4H3,(H2,14,20). The first-order valence-electron chi connectivity index (χ1n) is 6.56. The van der Waals surface area contributed by atoms with E-state index in [1.54, 1.807) is 0 Å². The first kappa shape index (κ1) is 18.0. The van der Waals surface area contributed by atoms with Gasteiger partial charge in [0, 0.05) is 18.8 Å². The van der Waals surface area contributed by atoms with E-state index in [9.17, 15) is 8.42 Å². The van der Waals surface area contributed by atoms with Gasteiger partial charge in [0.2, 0.25) is 10.0 Å². The first-order valence-corrected chi connectivity index (χ1v) is 8.45. The molecule has 6 nitrogen and oxygen atoms in total. The van der Waals surface area contributed by atoms with Crippen molar-refractivity contribution in [3.63, 3.8) is 0 Å². The zero-order valence-corrected chi connectivity index (χ0v) is 14.3. The lowest BCUT2D eigenvalue weighted by Gasteiger charge is -2.25. The molecule has 0 saturated carbocycles. The number of likely N-dealkylation sites (N-methyl/N-ethyl adjacent to an activating group) is 1. The number of nitrogens with zero attached hydrogens (tertiary/aromatic N) is 2. The molecule has 0 spiro atoms. The van der Waals surface area contributed by atoms with Crippen LogP contribution in [0, 0.1) is 5.92 Å². The van der Waals surface area contributed by atoms with Crippen LogP contribution in [0.25, 0.3) is 0 Å². The third kappa shape index (κ3) is 5.31. The van der Waals surface area contributed by atoms with Crippen molar-refractivity contribution >= 4 is 27.2 Å². The average molecular weight is 330 g/mol. The van der Waals surface area contributed by atoms with Crippen molar-refractivity contribution in [1.82, 2.24) is 14.6 Å². The van der Waals surface area contributed by atoms with E-state index in [-0.39, 0.29) is 21.8 Å². The van der Waals surface area contributed by atoms with Crippen molar-refractivity contribution in [1.29, 1.82) is 0 Å². The summed E-state index contributed by atoms with van der Waals surface area (Å²) in [7, 11) is 0.194. The summed E-state index contributed by atoms with van der Waals surface area (Å²) >= 11 is 4.80. The van der Waals surface area contributed by atoms with Gasteiger partial charge in [-0.05, 0) is 32.1 Å². The van der Waals surface area contributed by atoms with Gasteiger partial charge in [-0.1, -0.05) is 26.1 Å². The fourth-order valence-electron chi connectivity index (χ4n) is 1.73. The molecule has 1 heterocycles. The van der Waals surface area contributed by atoms with Crippen LogP contribution in [-0.4, -0.2) is 50.0 Å². The Bertz CT molecular complexity index is 583. The molecule has 0 radical (unpaired) electrons. The summed E-state index contributed by atoms with van der Waals surface area (Å²) in [5.74, 6) is 0.172. The van der Waals surface area contributed by atoms with E-state index in [0.29, 0.717) is 12.2 Å². The van der Waals surface area contributed by atoms with Crippen LogP contribution >= 0.6 is 12.2 Å². The highest BCUT2D eigenvalue weighted by molar-refractivity contribution is 7.89. The van der Waals surface area contributed by atoms with Crippen molar-refractivity contribution in [3.05, 3.63) is 24.0 Å². The predicted octanol–water partition coefficient (Wildman–Crippen LogP) is 0.580. The minimum atomic E-state index is -3.62. The maximum Gasteiger partial charge on any atom is 0.242 e. The molecule has 0 aromatic carbocycles. The van der Waals surface area contributed by atoms with Crippen molar-refractivity contribution in [3.8, 4) is 0 Å². The molecule has 0 fully saturated rings. The zero-order valence-electron chi connectivity index (χ0n) is 12.7. The van der Waals surface area contributed by atoms with E-state index in [0.717, 1.165) is 0 Å². The molecule has 0 saturated heterocycles. The van der Waals surface area contributed by atoms with Crippen LogP contribution in [-0.2, 0) is 10.0 Å². The van der Waals surface area contributed by atoms with Crippen molar-refractivity contribution in [2.45, 2.75) is 24.8 Å². The highest BCUT2D eigenvalue weighted by Gasteiger charge is 2.23. The summed E-state index contributed by atoms with van der Waals surface area (Å²) in [5.41, 5.74) is 5.85. The molecule has 0 aliphatic heterocycles. The van der Waals surface area contributed by atoms with E-state index < -0.39 is 10.0 Å². The van der Waals surface area contributed by atoms with E-state index in [4.69, 9.17) is 18.0 Å². The summed E-state index contributed by atoms with van der Waals surface area (Å²) in [6, 6.07) is 2.78. The van der Waals surface area contributed by atoms with Gasteiger partial charge in [-0.25, -0.2) is 13.1 Å². The van der Waals surface area contributed by atoms with Crippen LogP contribution in [0.2, 0.25) is 0 Å². The van der Waals surface area contributed by atoms with E-state index in [2.05, 4.69) is 9.71 Å². The lowest BCUT2D eigenvalue weighted by Crippen LogP contribution is -2.44. The van der Waals surface area contributed by atoms with Crippen LogP contribution in [0.3, 0.4) is 0 Å². The molecule has 118 valence electrons. The van der Waals surface area contributed by atoms with Crippen LogP contribution in [0.15, 0.2) is 23.2 Å². The SMILES string of the molecule is CC(C)C(CN(C)C)NS(=O)(=O)c1ccc(C(N)=S)nc1. The van der Waals surface area contributed by atoms with E-state index >= 15 is 0 Å². The number of nitrogens with one attached hydrogen (secondary N) is 1. The minimum Gasteiger partial charge on any atom is -0.388 e. The molecule has 1 aromatic rings. The number of aromatic nitrogens is 1. The lowest BCUT2D eigenvalue weighted by molar-refractivity contribution is 0.314. The van der Waals surface area contributed by atoms with Crippen molar-refractivity contribution in [2.75, 3.05) is 20.6 Å². The minimum absolute atomic E-state index is 0.104. The lowest BCUT2D eigenvalue weighted by atomic mass is 10.1. The van der Waals surface area contributed by atoms with Gasteiger partial charge in [0.05, 0.1) is 5.69 Å². The summed E-state index contributed by atoms with van der Waals surface area (Å²) < 4.78 is 27.5. The van der Waals surface area contributed by atoms with E-state index in [1.807, 2.05) is 32.8 Å². The Morgan fingerprint density at radius 2 is 2.05 bits per heavy atom. The molecular weight excluding hydrogens is 308 g/mol. The van der Waals surface area contributed by atoms with Gasteiger partial charge in [0.25, 0.3) is 0 Å². The molecule has 1 unspecified atom stereocenters. The topological polar surface area (TPSA) is 88.3 Å². The quantitative estimate of drug-likeness (QED) is 0.711. The molecule has 0 aliphatic rings. The molecule has 3 N–H and O–H groups in total. The van der Waals surface area contributed by atoms with Crippen LogP contribution in [0.4, 0.5) is 0 Å². The molecule has 8 heteroatoms. The Hall–Kier alpha value is -1.09. The van der Waals surface area contributed by atoms with Crippen molar-refractivity contribution in [2.24, 2.45) is 11.7 Å². The van der Waals surface area contributed by atoms with Crippen LogP contribution in [0.1, 0.15) is 19.5 Å². The van der Waals surface area contributed by atoms with Gasteiger partial charge < -0.3 is 10.6 Å². The molecule has 1 aromatic heterocycles. The summed E-state index contributed by atoms with van der Waals surface area (Å²) in [6.07, 6.45) is 1.27. The zero-order chi connectivity index (χ0) is 16.2. The Labute approximate surface area is 131 Å². The van der Waals surface area contributed by atoms with Gasteiger partial charge in [0.15, 0.2) is 0 Å². The molecule has 0 bridgehead atoms. The third-order valence-electron chi connectivity index (χ3n) is 2.97. The number of hydrogen-bond acceptors (Lipinski definition) is 5. The molecule has 0 amide bonds. The fraction of sp³-hybridized carbons (Fsp3) is 0.538. The summed E-state index contributed by atoms with van der Waals surface area (Å²) in [6.45, 7) is 4.57. The van der Waals surface area contributed by atoms with Gasteiger partial charge in [-0.2, -0.15) is 0 Å². The number of sulfonamides is 1. The van der Waals surface area contributed by atoms with Crippen LogP contribution in [0.5, 0.6) is 0 Å². The molecule has 21 heavy (non-hydrogen) atoms. The Morgan fingerprint density at radius 3 is 2.43 bits per heavy atom. The van der Waals surface area contributed by atoms with Gasteiger partial charge in [0.1, 0.15) is 9.88 Å². The highest BCUT2D eigenvalue weighted by atomic mass is 32.2. The Morgan fingerprint density at radius 1 is 1.43 bits per heavy atom. The Kier molecular flexibility index (Phi) is 6.21. The second kappa shape index (κ2) is 7.26. The summed E-state index contributed by atoms with van der Waals surface area (Å²) in [4.78, 5) is 6.15. The maximum absolute atomic E-state index is 12.4. The first-order chi connectivity index (χ1) is 9.63. The monoisotopic (exact) mass is 330 g/mol. The van der Waals surface area contributed by atoms with Crippen molar-refractivity contribution < 1.29 is 8.42 Å². The molecule has 1 rings (SSSR count). The third-order valence-corrected chi connectivity index (χ3v) is 4.66. The fourth-order valence-corrected chi connectivity index (χ4v) is 3.17. The summed E-state index contributed by atoms with van der Waals surface area (Å²) in [5, 5.41) is 0. The van der Waals surface area contributed by atoms with E-state index in [1.165, 1.54) is 18.3 Å². The van der Waals surface area contributed by atoms with Gasteiger partial charge in [-0.3, -0.25) is 4.98 Å². The molecular formula is C13H22N4O2S2. The number of nitrogens with two attached hydrogens (primary N) is 1. The maximum atomic E-state index is 12.4. The number of pyridine rings is 1. The highest BCUT2D eigenvalue weighted by Crippen LogP contribution is 2.12. The largest absolute Gasteiger partial charge is 0.388 e. The predicted molar refractivity (Wildman–Crippen MR) is 87.6 cm³/mol. The van der Waals surface area contributed by atoms with Crippen LogP contribution < -0.4 is 10.5 Å². The van der Waals surface area contributed by atoms with Gasteiger partial charge >= 0.3 is 0 Å². The smallest absolute Gasteiger partial charge is 0.242 e. The number of thiocarbonyl (C=S) groups is 1. The molecule has 1 atom stereocenters. The molecule has 0 aliphatic carbocycles. The normalized spacial score (nSPS) is 13.6.